The molecular formula is C21H42. The lowest BCUT2D eigenvalue weighted by Gasteiger charge is -2.20. The lowest BCUT2D eigenvalue weighted by molar-refractivity contribution is 0.318. The van der Waals surface area contributed by atoms with Crippen molar-refractivity contribution >= 4 is 0 Å². The van der Waals surface area contributed by atoms with E-state index >= 15 is 0 Å². The molecule has 0 saturated carbocycles. The second-order valence-electron chi connectivity index (χ2n) is 7.11. The Labute approximate surface area is 135 Å². The van der Waals surface area contributed by atoms with E-state index in [0.29, 0.717) is 0 Å². The molecule has 0 rings (SSSR count). The normalized spacial score (nSPS) is 13.4. The molecule has 0 bridgehead atoms. The molecule has 0 saturated heterocycles. The van der Waals surface area contributed by atoms with Crippen LogP contribution >= 0.6 is 0 Å². The van der Waals surface area contributed by atoms with Gasteiger partial charge in [0.1, 0.15) is 0 Å². The zero-order chi connectivity index (χ0) is 15.8. The third kappa shape index (κ3) is 14.4. The van der Waals surface area contributed by atoms with E-state index in [-0.39, 0.29) is 0 Å². The van der Waals surface area contributed by atoms with Crippen LogP contribution in [0.15, 0.2) is 12.2 Å². The lowest BCUT2D eigenvalue weighted by atomic mass is 9.86. The highest BCUT2D eigenvalue weighted by Crippen LogP contribution is 2.25. The fraction of sp³-hybridized carbons (Fsp3) is 0.905. The fourth-order valence-electron chi connectivity index (χ4n) is 3.07. The Hall–Kier alpha value is -0.260. The van der Waals surface area contributed by atoms with Crippen molar-refractivity contribution < 1.29 is 0 Å². The van der Waals surface area contributed by atoms with Gasteiger partial charge in [0, 0.05) is 0 Å². The number of hydrogen-bond acceptors (Lipinski definition) is 0. The molecule has 21 heavy (non-hydrogen) atoms. The Morgan fingerprint density at radius 2 is 1.19 bits per heavy atom. The zero-order valence-electron chi connectivity index (χ0n) is 15.5. The Bertz CT molecular complexity index is 214. The van der Waals surface area contributed by atoms with Gasteiger partial charge in [-0.15, -0.1) is 0 Å². The summed E-state index contributed by atoms with van der Waals surface area (Å²) >= 11 is 0. The molecule has 0 aromatic carbocycles. The van der Waals surface area contributed by atoms with Crippen molar-refractivity contribution in [2.45, 2.75) is 111 Å². The van der Waals surface area contributed by atoms with Gasteiger partial charge in [0.25, 0.3) is 0 Å². The molecule has 0 spiro atoms. The molecule has 0 amide bonds. The zero-order valence-corrected chi connectivity index (χ0v) is 15.5. The van der Waals surface area contributed by atoms with Gasteiger partial charge in [0.05, 0.1) is 0 Å². The first kappa shape index (κ1) is 20.7. The summed E-state index contributed by atoms with van der Waals surface area (Å²) in [4.78, 5) is 0. The summed E-state index contributed by atoms with van der Waals surface area (Å²) in [5.41, 5.74) is 0. The summed E-state index contributed by atoms with van der Waals surface area (Å²) < 4.78 is 0. The monoisotopic (exact) mass is 294 g/mol. The summed E-state index contributed by atoms with van der Waals surface area (Å²) in [6.07, 6.45) is 23.0. The summed E-state index contributed by atoms with van der Waals surface area (Å²) in [6, 6.07) is 0. The minimum absolute atomic E-state index is 0.865. The van der Waals surface area contributed by atoms with Gasteiger partial charge < -0.3 is 0 Å². The van der Waals surface area contributed by atoms with E-state index in [2.05, 4.69) is 39.8 Å². The Morgan fingerprint density at radius 3 is 1.81 bits per heavy atom. The maximum Gasteiger partial charge on any atom is -0.0351 e. The van der Waals surface area contributed by atoms with Crippen molar-refractivity contribution in [2.75, 3.05) is 0 Å². The number of unbranched alkanes of at least 4 members (excludes halogenated alkanes) is 8. The first-order chi connectivity index (χ1) is 10.2. The van der Waals surface area contributed by atoms with Gasteiger partial charge in [-0.1, -0.05) is 97.6 Å². The lowest BCUT2D eigenvalue weighted by Crippen LogP contribution is -2.08. The molecule has 0 radical (unpaired) electrons. The fourth-order valence-corrected chi connectivity index (χ4v) is 3.07. The van der Waals surface area contributed by atoms with Crippen LogP contribution < -0.4 is 0 Å². The van der Waals surface area contributed by atoms with Crippen LogP contribution in [-0.4, -0.2) is 0 Å². The number of allylic oxidation sites excluding steroid dienone is 2. The smallest absolute Gasteiger partial charge is 0.0351 e. The van der Waals surface area contributed by atoms with Crippen molar-refractivity contribution in [1.29, 1.82) is 0 Å². The van der Waals surface area contributed by atoms with Crippen LogP contribution in [0.4, 0.5) is 0 Å². The average Bonchev–Trinajstić information content (AvgIpc) is 2.47. The minimum Gasteiger partial charge on any atom is -0.0885 e. The van der Waals surface area contributed by atoms with Gasteiger partial charge in [0.15, 0.2) is 0 Å². The molecule has 126 valence electrons. The van der Waals surface area contributed by atoms with E-state index in [1.807, 2.05) is 0 Å². The van der Waals surface area contributed by atoms with Crippen molar-refractivity contribution in [3.05, 3.63) is 12.2 Å². The molecule has 0 aliphatic rings. The highest BCUT2D eigenvalue weighted by Gasteiger charge is 2.12. The van der Waals surface area contributed by atoms with Crippen molar-refractivity contribution in [1.82, 2.24) is 0 Å². The Kier molecular flexibility index (Phi) is 15.9. The van der Waals surface area contributed by atoms with Crippen LogP contribution in [0.3, 0.4) is 0 Å². The molecule has 1 unspecified atom stereocenters. The first-order valence-corrected chi connectivity index (χ1v) is 9.87. The van der Waals surface area contributed by atoms with Crippen molar-refractivity contribution in [3.63, 3.8) is 0 Å². The second kappa shape index (κ2) is 16.1. The third-order valence-corrected chi connectivity index (χ3v) is 4.69. The van der Waals surface area contributed by atoms with E-state index in [1.54, 1.807) is 0 Å². The molecule has 1 atom stereocenters. The van der Waals surface area contributed by atoms with Gasteiger partial charge in [-0.2, -0.15) is 0 Å². The quantitative estimate of drug-likeness (QED) is 0.212. The maximum absolute atomic E-state index is 2.42. The molecule has 0 aliphatic carbocycles. The van der Waals surface area contributed by atoms with Crippen LogP contribution in [0.25, 0.3) is 0 Å². The molecular weight excluding hydrogens is 252 g/mol. The van der Waals surface area contributed by atoms with Crippen LogP contribution in [0.5, 0.6) is 0 Å². The van der Waals surface area contributed by atoms with Crippen LogP contribution in [0, 0.1) is 11.8 Å². The predicted molar refractivity (Wildman–Crippen MR) is 98.8 cm³/mol. The highest BCUT2D eigenvalue weighted by atomic mass is 14.2. The molecule has 0 aromatic heterocycles. The van der Waals surface area contributed by atoms with Crippen LogP contribution in [0.1, 0.15) is 111 Å². The first-order valence-electron chi connectivity index (χ1n) is 9.87. The summed E-state index contributed by atoms with van der Waals surface area (Å²) in [6.45, 7) is 9.38. The van der Waals surface area contributed by atoms with Crippen molar-refractivity contribution in [2.24, 2.45) is 11.8 Å². The highest BCUT2D eigenvalue weighted by molar-refractivity contribution is 4.81. The largest absolute Gasteiger partial charge is 0.0885 e. The average molecular weight is 295 g/mol. The minimum atomic E-state index is 0.865. The third-order valence-electron chi connectivity index (χ3n) is 4.69. The summed E-state index contributed by atoms with van der Waals surface area (Å²) in [5.74, 6) is 1.82. The maximum atomic E-state index is 2.42. The van der Waals surface area contributed by atoms with E-state index in [0.717, 1.165) is 11.8 Å². The van der Waals surface area contributed by atoms with Gasteiger partial charge >= 0.3 is 0 Å². The van der Waals surface area contributed by atoms with Gasteiger partial charge in [0.2, 0.25) is 0 Å². The van der Waals surface area contributed by atoms with Gasteiger partial charge in [-0.05, 0) is 37.5 Å². The molecule has 0 N–H and O–H groups in total. The van der Waals surface area contributed by atoms with E-state index < -0.39 is 0 Å². The molecule has 0 aliphatic heterocycles. The van der Waals surface area contributed by atoms with E-state index in [1.165, 1.54) is 83.5 Å². The second-order valence-corrected chi connectivity index (χ2v) is 7.11. The molecule has 0 nitrogen and oxygen atoms in total. The Morgan fingerprint density at radius 1 is 0.619 bits per heavy atom. The Balaban J connectivity index is 3.58. The molecule has 0 heterocycles. The summed E-state index contributed by atoms with van der Waals surface area (Å²) in [5, 5.41) is 0. The molecule has 0 heteroatoms. The number of hydrogen-bond donors (Lipinski definition) is 0. The van der Waals surface area contributed by atoms with Crippen LogP contribution in [-0.2, 0) is 0 Å². The van der Waals surface area contributed by atoms with Gasteiger partial charge in [-0.25, -0.2) is 0 Å². The predicted octanol–water partition coefficient (Wildman–Crippen LogP) is 7.93. The van der Waals surface area contributed by atoms with Crippen LogP contribution in [0.2, 0.25) is 0 Å². The molecule has 0 fully saturated rings. The van der Waals surface area contributed by atoms with Gasteiger partial charge in [-0.3, -0.25) is 0 Å². The molecule has 0 aromatic rings. The SMILES string of the molecule is CCC/C=C/CCCC(CCCCCCCCC)C(C)C. The standard InChI is InChI=1S/C21H42/c1-5-7-9-11-13-15-17-19-21(20(3)4)18-16-14-12-10-8-6-2/h10,12,20-21H,5-9,11,13-19H2,1-4H3/b12-10+. The van der Waals surface area contributed by atoms with E-state index in [4.69, 9.17) is 0 Å². The summed E-state index contributed by atoms with van der Waals surface area (Å²) in [7, 11) is 0. The van der Waals surface area contributed by atoms with E-state index in [9.17, 15) is 0 Å². The number of rotatable bonds is 15. The topological polar surface area (TPSA) is 0 Å². The van der Waals surface area contributed by atoms with Crippen molar-refractivity contribution in [3.8, 4) is 0 Å².